The topological polar surface area (TPSA) is 61.4 Å². The second-order valence-corrected chi connectivity index (χ2v) is 5.25. The standard InChI is InChI=1S/C13H17ClN2O2/c1-9(10-4-2-3-5-11(10)14)16-13(6-12(17)18)7-15-8-13/h2-5,9,15-16H,6-8H2,1H3,(H,17,18). The van der Waals surface area contributed by atoms with Crippen molar-refractivity contribution in [2.75, 3.05) is 13.1 Å². The van der Waals surface area contributed by atoms with Crippen molar-refractivity contribution in [1.29, 1.82) is 0 Å². The van der Waals surface area contributed by atoms with E-state index in [1.807, 2.05) is 31.2 Å². The van der Waals surface area contributed by atoms with Crippen molar-refractivity contribution in [2.45, 2.75) is 24.9 Å². The van der Waals surface area contributed by atoms with Crippen LogP contribution in [0.1, 0.15) is 24.9 Å². The molecule has 18 heavy (non-hydrogen) atoms. The summed E-state index contributed by atoms with van der Waals surface area (Å²) < 4.78 is 0. The lowest BCUT2D eigenvalue weighted by molar-refractivity contribution is -0.139. The number of nitrogens with one attached hydrogen (secondary N) is 2. The number of carbonyl (C=O) groups is 1. The minimum atomic E-state index is -0.782. The molecule has 1 unspecified atom stereocenters. The molecule has 0 aromatic heterocycles. The van der Waals surface area contributed by atoms with Gasteiger partial charge in [0.05, 0.1) is 12.0 Å². The molecule has 1 atom stereocenters. The molecule has 1 saturated heterocycles. The van der Waals surface area contributed by atoms with E-state index in [1.165, 1.54) is 0 Å². The van der Waals surface area contributed by atoms with Gasteiger partial charge in [0.2, 0.25) is 0 Å². The van der Waals surface area contributed by atoms with Gasteiger partial charge < -0.3 is 15.7 Å². The fourth-order valence-corrected chi connectivity index (χ4v) is 2.66. The number of rotatable bonds is 5. The monoisotopic (exact) mass is 268 g/mol. The molecule has 0 saturated carbocycles. The summed E-state index contributed by atoms with van der Waals surface area (Å²) in [6.07, 6.45) is 0.120. The summed E-state index contributed by atoms with van der Waals surface area (Å²) in [6.45, 7) is 3.35. The lowest BCUT2D eigenvalue weighted by Gasteiger charge is -2.44. The highest BCUT2D eigenvalue weighted by molar-refractivity contribution is 6.31. The quantitative estimate of drug-likeness (QED) is 0.762. The van der Waals surface area contributed by atoms with E-state index in [4.69, 9.17) is 16.7 Å². The normalized spacial score (nSPS) is 19.0. The van der Waals surface area contributed by atoms with Crippen molar-refractivity contribution in [3.05, 3.63) is 34.9 Å². The Morgan fingerprint density at radius 2 is 2.22 bits per heavy atom. The Morgan fingerprint density at radius 3 is 2.72 bits per heavy atom. The zero-order valence-corrected chi connectivity index (χ0v) is 11.0. The third-order valence-electron chi connectivity index (χ3n) is 3.31. The summed E-state index contributed by atoms with van der Waals surface area (Å²) >= 11 is 6.14. The minimum Gasteiger partial charge on any atom is -0.481 e. The van der Waals surface area contributed by atoms with Crippen LogP contribution in [0.3, 0.4) is 0 Å². The molecule has 3 N–H and O–H groups in total. The fourth-order valence-electron chi connectivity index (χ4n) is 2.36. The second-order valence-electron chi connectivity index (χ2n) is 4.84. The molecule has 1 heterocycles. The predicted octanol–water partition coefficient (Wildman–Crippen LogP) is 1.81. The number of halogens is 1. The average Bonchev–Trinajstić information content (AvgIpc) is 2.25. The van der Waals surface area contributed by atoms with Crippen molar-refractivity contribution in [3.63, 3.8) is 0 Å². The molecule has 1 aliphatic heterocycles. The van der Waals surface area contributed by atoms with E-state index < -0.39 is 5.97 Å². The van der Waals surface area contributed by atoms with E-state index in [0.29, 0.717) is 18.1 Å². The van der Waals surface area contributed by atoms with Gasteiger partial charge in [-0.3, -0.25) is 4.79 Å². The van der Waals surface area contributed by atoms with Crippen molar-refractivity contribution < 1.29 is 9.90 Å². The van der Waals surface area contributed by atoms with Gasteiger partial charge in [-0.25, -0.2) is 0 Å². The van der Waals surface area contributed by atoms with Crippen molar-refractivity contribution in [2.24, 2.45) is 0 Å². The number of carboxylic acids is 1. The van der Waals surface area contributed by atoms with Gasteiger partial charge in [0.25, 0.3) is 0 Å². The van der Waals surface area contributed by atoms with Gasteiger partial charge in [-0.1, -0.05) is 29.8 Å². The molecule has 2 rings (SSSR count). The molecule has 1 aromatic carbocycles. The summed E-state index contributed by atoms with van der Waals surface area (Å²) in [4.78, 5) is 10.9. The first-order chi connectivity index (χ1) is 8.52. The van der Waals surface area contributed by atoms with Crippen LogP contribution in [0, 0.1) is 0 Å². The molecule has 1 aromatic rings. The molecule has 1 aliphatic rings. The molecular formula is C13H17ClN2O2. The summed E-state index contributed by atoms with van der Waals surface area (Å²) in [6, 6.07) is 7.65. The molecule has 4 nitrogen and oxygen atoms in total. The smallest absolute Gasteiger partial charge is 0.305 e. The molecule has 98 valence electrons. The Kier molecular flexibility index (Phi) is 3.90. The molecule has 0 aliphatic carbocycles. The number of aliphatic carboxylic acids is 1. The second kappa shape index (κ2) is 5.26. The number of benzene rings is 1. The summed E-state index contributed by atoms with van der Waals surface area (Å²) in [5, 5.41) is 16.2. The van der Waals surface area contributed by atoms with Crippen LogP contribution in [0.4, 0.5) is 0 Å². The predicted molar refractivity (Wildman–Crippen MR) is 70.9 cm³/mol. The summed E-state index contributed by atoms with van der Waals surface area (Å²) in [5.74, 6) is -0.782. The SMILES string of the molecule is CC(NC1(CC(=O)O)CNC1)c1ccccc1Cl. The molecule has 0 bridgehead atoms. The zero-order chi connectivity index (χ0) is 13.2. The van der Waals surface area contributed by atoms with E-state index in [1.54, 1.807) is 0 Å². The van der Waals surface area contributed by atoms with Crippen LogP contribution in [0.25, 0.3) is 0 Å². The van der Waals surface area contributed by atoms with E-state index in [0.717, 1.165) is 5.56 Å². The molecule has 1 fully saturated rings. The summed E-state index contributed by atoms with van der Waals surface area (Å²) in [7, 11) is 0. The minimum absolute atomic E-state index is 0.0279. The van der Waals surface area contributed by atoms with Gasteiger partial charge in [0, 0.05) is 24.2 Å². The highest BCUT2D eigenvalue weighted by Crippen LogP contribution is 2.26. The molecular weight excluding hydrogens is 252 g/mol. The maximum absolute atomic E-state index is 10.9. The zero-order valence-electron chi connectivity index (χ0n) is 10.2. The van der Waals surface area contributed by atoms with E-state index >= 15 is 0 Å². The fraction of sp³-hybridized carbons (Fsp3) is 0.462. The number of hydrogen-bond acceptors (Lipinski definition) is 3. The van der Waals surface area contributed by atoms with E-state index in [2.05, 4.69) is 10.6 Å². The van der Waals surface area contributed by atoms with Crippen LogP contribution >= 0.6 is 11.6 Å². The van der Waals surface area contributed by atoms with Gasteiger partial charge in [-0.2, -0.15) is 0 Å². The summed E-state index contributed by atoms with van der Waals surface area (Å²) in [5.41, 5.74) is 0.639. The van der Waals surface area contributed by atoms with Crippen LogP contribution in [-0.4, -0.2) is 29.7 Å². The van der Waals surface area contributed by atoms with Crippen LogP contribution in [-0.2, 0) is 4.79 Å². The Balaban J connectivity index is 2.08. The van der Waals surface area contributed by atoms with Gasteiger partial charge in [-0.05, 0) is 18.6 Å². The maximum Gasteiger partial charge on any atom is 0.305 e. The number of hydrogen-bond donors (Lipinski definition) is 3. The highest BCUT2D eigenvalue weighted by Gasteiger charge is 2.40. The average molecular weight is 269 g/mol. The first-order valence-electron chi connectivity index (χ1n) is 5.97. The largest absolute Gasteiger partial charge is 0.481 e. The molecule has 5 heteroatoms. The lowest BCUT2D eigenvalue weighted by atomic mass is 9.87. The van der Waals surface area contributed by atoms with Gasteiger partial charge in [-0.15, -0.1) is 0 Å². The van der Waals surface area contributed by atoms with Gasteiger partial charge in [0.15, 0.2) is 0 Å². The van der Waals surface area contributed by atoms with E-state index in [-0.39, 0.29) is 18.0 Å². The Morgan fingerprint density at radius 1 is 1.56 bits per heavy atom. The van der Waals surface area contributed by atoms with Crippen molar-refractivity contribution in [1.82, 2.24) is 10.6 Å². The Hall–Kier alpha value is -1.10. The first-order valence-corrected chi connectivity index (χ1v) is 6.35. The Bertz CT molecular complexity index is 446. The maximum atomic E-state index is 10.9. The third-order valence-corrected chi connectivity index (χ3v) is 3.66. The van der Waals surface area contributed by atoms with Crippen LogP contribution in [0.5, 0.6) is 0 Å². The Labute approximate surface area is 111 Å². The lowest BCUT2D eigenvalue weighted by Crippen LogP contribution is -2.68. The number of carboxylic acid groups (broad SMARTS) is 1. The van der Waals surface area contributed by atoms with E-state index in [9.17, 15) is 4.79 Å². The van der Waals surface area contributed by atoms with Crippen LogP contribution in [0.15, 0.2) is 24.3 Å². The van der Waals surface area contributed by atoms with Crippen molar-refractivity contribution in [3.8, 4) is 0 Å². The third kappa shape index (κ3) is 2.83. The molecule has 0 spiro atoms. The van der Waals surface area contributed by atoms with Crippen molar-refractivity contribution >= 4 is 17.6 Å². The first kappa shape index (κ1) is 13.3. The molecule has 0 radical (unpaired) electrons. The van der Waals surface area contributed by atoms with Crippen LogP contribution < -0.4 is 10.6 Å². The molecule has 0 amide bonds. The highest BCUT2D eigenvalue weighted by atomic mass is 35.5. The van der Waals surface area contributed by atoms with Crippen LogP contribution in [0.2, 0.25) is 5.02 Å². The van der Waals surface area contributed by atoms with Gasteiger partial charge >= 0.3 is 5.97 Å². The van der Waals surface area contributed by atoms with Gasteiger partial charge in [0.1, 0.15) is 0 Å².